The van der Waals surface area contributed by atoms with Crippen molar-refractivity contribution in [3.8, 4) is 0 Å². The second kappa shape index (κ2) is 5.46. The lowest BCUT2D eigenvalue weighted by Gasteiger charge is -2.21. The highest BCUT2D eigenvalue weighted by Crippen LogP contribution is 2.29. The van der Waals surface area contributed by atoms with E-state index in [1.807, 2.05) is 0 Å². The lowest BCUT2D eigenvalue weighted by atomic mass is 9.83. The number of benzene rings is 1. The third-order valence-electron chi connectivity index (χ3n) is 3.44. The topological polar surface area (TPSA) is 20.3 Å². The highest BCUT2D eigenvalue weighted by atomic mass is 16.1. The molecule has 0 aliphatic heterocycles. The van der Waals surface area contributed by atoms with Crippen molar-refractivity contribution in [2.24, 2.45) is 0 Å². The molecule has 2 rings (SSSR count). The zero-order chi connectivity index (χ0) is 12.3. The Balaban J connectivity index is 2.08. The first kappa shape index (κ1) is 12.3. The van der Waals surface area contributed by atoms with Crippen molar-refractivity contribution in [1.29, 1.82) is 0 Å². The normalized spacial score (nSPS) is 20.9. The number of carbonyl (C=O) groups excluding carboxylic acids is 1. The van der Waals surface area contributed by atoms with Gasteiger partial charge in [0.2, 0.25) is 0 Å². The maximum Gasteiger partial charge on any atom is 0.140 e. The van der Waals surface area contributed by atoms with Crippen LogP contribution in [0.15, 0.2) is 24.3 Å². The molecule has 1 atom stereocenters. The molecule has 17 heavy (non-hydrogen) atoms. The van der Waals surface area contributed by atoms with Gasteiger partial charge in [0.05, 0.1) is 0 Å². The molecule has 0 amide bonds. The van der Waals surface area contributed by atoms with E-state index in [2.05, 4.69) is 43.3 Å². The molecule has 1 unspecified atom stereocenters. The fourth-order valence-electron chi connectivity index (χ4n) is 2.56. The molecule has 1 aliphatic rings. The van der Waals surface area contributed by atoms with Crippen molar-refractivity contribution < 1.29 is 4.79 Å². The number of carbonyl (C=O) groups is 1. The molecule has 92 valence electrons. The molecule has 1 aliphatic carbocycles. The Morgan fingerprint density at radius 1 is 1.18 bits per heavy atom. The third kappa shape index (κ3) is 3.16. The van der Waals surface area contributed by atoms with Crippen molar-refractivity contribution in [1.82, 2.24) is 4.90 Å². The van der Waals surface area contributed by atoms with Gasteiger partial charge in [-0.2, -0.15) is 0 Å². The van der Waals surface area contributed by atoms with Crippen LogP contribution in [0.4, 0.5) is 0 Å². The van der Waals surface area contributed by atoms with Crippen LogP contribution in [0.3, 0.4) is 0 Å². The summed E-state index contributed by atoms with van der Waals surface area (Å²) in [7, 11) is 4.14. The fraction of sp³-hybridized carbons (Fsp3) is 0.533. The van der Waals surface area contributed by atoms with Gasteiger partial charge in [0, 0.05) is 18.9 Å². The quantitative estimate of drug-likeness (QED) is 0.797. The minimum absolute atomic E-state index is 0.164. The number of nitrogens with zero attached hydrogens (tertiary/aromatic N) is 1. The highest BCUT2D eigenvalue weighted by molar-refractivity contribution is 5.86. The van der Waals surface area contributed by atoms with Gasteiger partial charge in [0.25, 0.3) is 0 Å². The third-order valence-corrected chi connectivity index (χ3v) is 3.44. The van der Waals surface area contributed by atoms with Crippen LogP contribution in [-0.2, 0) is 11.3 Å². The van der Waals surface area contributed by atoms with E-state index in [4.69, 9.17) is 0 Å². The standard InChI is InChI=1S/C15H21NO/c1-16(2)11-12-7-9-13(10-8-12)14-5-3-4-6-15(14)17/h7-10,14H,3-6,11H2,1-2H3. The summed E-state index contributed by atoms with van der Waals surface area (Å²) in [6.45, 7) is 0.957. The molecule has 1 aromatic rings. The van der Waals surface area contributed by atoms with E-state index in [9.17, 15) is 4.79 Å². The molecule has 0 heterocycles. The molecule has 1 fully saturated rings. The van der Waals surface area contributed by atoms with Crippen molar-refractivity contribution in [2.45, 2.75) is 38.1 Å². The summed E-state index contributed by atoms with van der Waals surface area (Å²) in [6.07, 6.45) is 4.07. The summed E-state index contributed by atoms with van der Waals surface area (Å²) in [4.78, 5) is 14.0. The fourth-order valence-corrected chi connectivity index (χ4v) is 2.56. The summed E-state index contributed by atoms with van der Waals surface area (Å²) < 4.78 is 0. The molecule has 1 saturated carbocycles. The summed E-state index contributed by atoms with van der Waals surface area (Å²) in [5.41, 5.74) is 2.51. The van der Waals surface area contributed by atoms with E-state index in [1.54, 1.807) is 0 Å². The van der Waals surface area contributed by atoms with Crippen LogP contribution >= 0.6 is 0 Å². The zero-order valence-electron chi connectivity index (χ0n) is 10.8. The minimum Gasteiger partial charge on any atom is -0.305 e. The Morgan fingerprint density at radius 2 is 1.88 bits per heavy atom. The molecule has 2 heteroatoms. The van der Waals surface area contributed by atoms with Crippen LogP contribution in [0.25, 0.3) is 0 Å². The Labute approximate surface area is 104 Å². The molecular weight excluding hydrogens is 210 g/mol. The maximum atomic E-state index is 11.8. The minimum atomic E-state index is 0.164. The second-order valence-corrected chi connectivity index (χ2v) is 5.24. The molecule has 0 saturated heterocycles. The van der Waals surface area contributed by atoms with Gasteiger partial charge in [-0.05, 0) is 38.1 Å². The zero-order valence-corrected chi connectivity index (χ0v) is 10.8. The van der Waals surface area contributed by atoms with Crippen molar-refractivity contribution >= 4 is 5.78 Å². The van der Waals surface area contributed by atoms with E-state index < -0.39 is 0 Å². The van der Waals surface area contributed by atoms with E-state index >= 15 is 0 Å². The van der Waals surface area contributed by atoms with Crippen molar-refractivity contribution in [3.63, 3.8) is 0 Å². The van der Waals surface area contributed by atoms with Crippen molar-refractivity contribution in [3.05, 3.63) is 35.4 Å². The molecule has 0 radical (unpaired) electrons. The molecule has 0 bridgehead atoms. The van der Waals surface area contributed by atoms with Gasteiger partial charge < -0.3 is 4.90 Å². The van der Waals surface area contributed by atoms with Crippen LogP contribution in [0, 0.1) is 0 Å². The Morgan fingerprint density at radius 3 is 2.47 bits per heavy atom. The van der Waals surface area contributed by atoms with Crippen LogP contribution in [-0.4, -0.2) is 24.8 Å². The monoisotopic (exact) mass is 231 g/mol. The Bertz CT molecular complexity index is 380. The summed E-state index contributed by atoms with van der Waals surface area (Å²) in [6, 6.07) is 8.56. The average Bonchev–Trinajstić information content (AvgIpc) is 2.30. The smallest absolute Gasteiger partial charge is 0.140 e. The van der Waals surface area contributed by atoms with Crippen LogP contribution < -0.4 is 0 Å². The predicted molar refractivity (Wildman–Crippen MR) is 70.0 cm³/mol. The lowest BCUT2D eigenvalue weighted by molar-refractivity contribution is -0.121. The van der Waals surface area contributed by atoms with E-state index in [1.165, 1.54) is 17.5 Å². The van der Waals surface area contributed by atoms with E-state index in [0.29, 0.717) is 5.78 Å². The largest absolute Gasteiger partial charge is 0.305 e. The molecule has 0 aromatic heterocycles. The molecular formula is C15H21NO. The second-order valence-electron chi connectivity index (χ2n) is 5.24. The number of ketones is 1. The number of Topliss-reactive ketones (excluding diaryl/α,β-unsaturated/α-hetero) is 1. The van der Waals surface area contributed by atoms with E-state index in [0.717, 1.165) is 25.8 Å². The van der Waals surface area contributed by atoms with Crippen molar-refractivity contribution in [2.75, 3.05) is 14.1 Å². The molecule has 1 aromatic carbocycles. The number of rotatable bonds is 3. The molecule has 0 N–H and O–H groups in total. The van der Waals surface area contributed by atoms with Gasteiger partial charge in [-0.25, -0.2) is 0 Å². The Kier molecular flexibility index (Phi) is 3.95. The van der Waals surface area contributed by atoms with Gasteiger partial charge in [-0.3, -0.25) is 4.79 Å². The SMILES string of the molecule is CN(C)Cc1ccc(C2CCCCC2=O)cc1. The average molecular weight is 231 g/mol. The maximum absolute atomic E-state index is 11.8. The predicted octanol–water partition coefficient (Wildman–Crippen LogP) is 2.97. The molecule has 2 nitrogen and oxygen atoms in total. The van der Waals surface area contributed by atoms with Gasteiger partial charge in [-0.15, -0.1) is 0 Å². The van der Waals surface area contributed by atoms with Crippen LogP contribution in [0.5, 0.6) is 0 Å². The summed E-state index contributed by atoms with van der Waals surface area (Å²) in [5, 5.41) is 0. The lowest BCUT2D eigenvalue weighted by Crippen LogP contribution is -2.17. The van der Waals surface area contributed by atoms with Gasteiger partial charge in [0.1, 0.15) is 5.78 Å². The summed E-state index contributed by atoms with van der Waals surface area (Å²) >= 11 is 0. The van der Waals surface area contributed by atoms with E-state index in [-0.39, 0.29) is 5.92 Å². The summed E-state index contributed by atoms with van der Waals surface area (Å²) in [5.74, 6) is 0.591. The Hall–Kier alpha value is -1.15. The van der Waals surface area contributed by atoms with Gasteiger partial charge >= 0.3 is 0 Å². The number of hydrogen-bond donors (Lipinski definition) is 0. The first-order chi connectivity index (χ1) is 8.16. The number of hydrogen-bond acceptors (Lipinski definition) is 2. The van der Waals surface area contributed by atoms with Gasteiger partial charge in [-0.1, -0.05) is 30.7 Å². The highest BCUT2D eigenvalue weighted by Gasteiger charge is 2.23. The first-order valence-electron chi connectivity index (χ1n) is 6.43. The first-order valence-corrected chi connectivity index (χ1v) is 6.43. The molecule has 0 spiro atoms. The van der Waals surface area contributed by atoms with Crippen LogP contribution in [0.1, 0.15) is 42.7 Å². The van der Waals surface area contributed by atoms with Gasteiger partial charge in [0.15, 0.2) is 0 Å². The van der Waals surface area contributed by atoms with Crippen LogP contribution in [0.2, 0.25) is 0 Å².